The second kappa shape index (κ2) is 5.85. The lowest BCUT2D eigenvalue weighted by Crippen LogP contribution is -2.33. The van der Waals surface area contributed by atoms with E-state index in [2.05, 4.69) is 29.4 Å². The van der Waals surface area contributed by atoms with Gasteiger partial charge in [0.05, 0.1) is 6.20 Å². The normalized spacial score (nSPS) is 13.4. The second-order valence-corrected chi connectivity index (χ2v) is 3.99. The minimum absolute atomic E-state index is 0.207. The van der Waals surface area contributed by atoms with Crippen LogP contribution in [0.5, 0.6) is 0 Å². The van der Waals surface area contributed by atoms with Gasteiger partial charge in [-0.25, -0.2) is 0 Å². The van der Waals surface area contributed by atoms with E-state index in [9.17, 15) is 0 Å². The highest BCUT2D eigenvalue weighted by atomic mass is 15.2. The lowest BCUT2D eigenvalue weighted by molar-refractivity contribution is 0.385. The minimum Gasteiger partial charge on any atom is -0.329 e. The van der Waals surface area contributed by atoms with Gasteiger partial charge in [0.2, 0.25) is 0 Å². The highest BCUT2D eigenvalue weighted by Gasteiger charge is 2.10. The van der Waals surface area contributed by atoms with E-state index in [1.54, 1.807) is 4.68 Å². The highest BCUT2D eigenvalue weighted by molar-refractivity contribution is 5.10. The van der Waals surface area contributed by atoms with E-state index in [1.807, 2.05) is 19.4 Å². The lowest BCUT2D eigenvalue weighted by atomic mass is 10.1. The molecule has 0 aliphatic heterocycles. The van der Waals surface area contributed by atoms with E-state index >= 15 is 0 Å². The number of likely N-dealkylation sites (N-methyl/N-ethyl adjacent to an activating group) is 1. The monoisotopic (exact) mass is 211 g/mol. The van der Waals surface area contributed by atoms with E-state index in [-0.39, 0.29) is 6.04 Å². The third-order valence-corrected chi connectivity index (χ3v) is 2.31. The molecule has 0 radical (unpaired) electrons. The number of hydrogen-bond acceptors (Lipinski definition) is 4. The molecule has 1 heterocycles. The molecule has 5 heteroatoms. The maximum Gasteiger partial charge on any atom is 0.0538 e. The van der Waals surface area contributed by atoms with E-state index in [1.165, 1.54) is 0 Å². The van der Waals surface area contributed by atoms with Crippen LogP contribution < -0.4 is 11.1 Å². The summed E-state index contributed by atoms with van der Waals surface area (Å²) in [6.07, 6.45) is 3.86. The molecule has 3 N–H and O–H groups in total. The van der Waals surface area contributed by atoms with Crippen LogP contribution in [0.4, 0.5) is 0 Å². The summed E-state index contributed by atoms with van der Waals surface area (Å²) in [5, 5.41) is 7.55. The van der Waals surface area contributed by atoms with Crippen LogP contribution in [0.1, 0.15) is 11.6 Å². The molecule has 86 valence electrons. The summed E-state index contributed by atoms with van der Waals surface area (Å²) in [4.78, 5) is 2.14. The quantitative estimate of drug-likeness (QED) is 0.670. The average Bonchev–Trinajstić information content (AvgIpc) is 2.59. The van der Waals surface area contributed by atoms with Crippen molar-refractivity contribution in [2.45, 2.75) is 6.04 Å². The van der Waals surface area contributed by atoms with Crippen molar-refractivity contribution >= 4 is 0 Å². The number of aryl methyl sites for hydroxylation is 1. The zero-order valence-electron chi connectivity index (χ0n) is 9.77. The van der Waals surface area contributed by atoms with Gasteiger partial charge >= 0.3 is 0 Å². The third-order valence-electron chi connectivity index (χ3n) is 2.31. The molecule has 0 bridgehead atoms. The molecule has 5 nitrogen and oxygen atoms in total. The molecule has 0 saturated carbocycles. The summed E-state index contributed by atoms with van der Waals surface area (Å²) in [7, 11) is 6.03. The molecule has 0 spiro atoms. The molecule has 0 aliphatic rings. The molecule has 1 aromatic rings. The van der Waals surface area contributed by atoms with E-state index in [4.69, 9.17) is 5.73 Å². The lowest BCUT2D eigenvalue weighted by Gasteiger charge is -2.17. The van der Waals surface area contributed by atoms with Gasteiger partial charge < -0.3 is 16.0 Å². The van der Waals surface area contributed by atoms with Gasteiger partial charge in [-0.15, -0.1) is 0 Å². The second-order valence-electron chi connectivity index (χ2n) is 3.99. The molecule has 0 aromatic carbocycles. The van der Waals surface area contributed by atoms with Crippen molar-refractivity contribution in [3.05, 3.63) is 18.0 Å². The summed E-state index contributed by atoms with van der Waals surface area (Å²) in [6.45, 7) is 2.54. The third kappa shape index (κ3) is 3.99. The Kier molecular flexibility index (Phi) is 4.74. The molecule has 0 saturated heterocycles. The van der Waals surface area contributed by atoms with Crippen molar-refractivity contribution in [3.63, 3.8) is 0 Å². The van der Waals surface area contributed by atoms with Crippen LogP contribution in [0.3, 0.4) is 0 Å². The Hall–Kier alpha value is -0.910. The van der Waals surface area contributed by atoms with Crippen LogP contribution in [0, 0.1) is 0 Å². The fourth-order valence-electron chi connectivity index (χ4n) is 1.42. The summed E-state index contributed by atoms with van der Waals surface area (Å²) < 4.78 is 1.80. The molecule has 1 atom stereocenters. The van der Waals surface area contributed by atoms with Crippen LogP contribution >= 0.6 is 0 Å². The summed E-state index contributed by atoms with van der Waals surface area (Å²) in [6, 6.07) is 0.207. The van der Waals surface area contributed by atoms with Gasteiger partial charge in [-0.2, -0.15) is 5.10 Å². The van der Waals surface area contributed by atoms with Crippen molar-refractivity contribution in [2.24, 2.45) is 12.8 Å². The molecular weight excluding hydrogens is 190 g/mol. The first kappa shape index (κ1) is 12.2. The molecule has 0 fully saturated rings. The van der Waals surface area contributed by atoms with Crippen LogP contribution in [-0.4, -0.2) is 48.4 Å². The number of nitrogens with one attached hydrogen (secondary N) is 1. The first-order valence-corrected chi connectivity index (χ1v) is 5.20. The smallest absolute Gasteiger partial charge is 0.0538 e. The van der Waals surface area contributed by atoms with Crippen LogP contribution in [-0.2, 0) is 7.05 Å². The van der Waals surface area contributed by atoms with E-state index < -0.39 is 0 Å². The topological polar surface area (TPSA) is 59.1 Å². The molecule has 1 unspecified atom stereocenters. The first-order valence-electron chi connectivity index (χ1n) is 5.20. The van der Waals surface area contributed by atoms with Crippen molar-refractivity contribution in [1.82, 2.24) is 20.0 Å². The first-order chi connectivity index (χ1) is 7.13. The summed E-state index contributed by atoms with van der Waals surface area (Å²) in [5.41, 5.74) is 6.87. The Morgan fingerprint density at radius 2 is 2.33 bits per heavy atom. The Morgan fingerprint density at radius 3 is 2.80 bits per heavy atom. The minimum atomic E-state index is 0.207. The van der Waals surface area contributed by atoms with Gasteiger partial charge in [0.15, 0.2) is 0 Å². The SMILES string of the molecule is CN(C)CCNC(CN)c1cnn(C)c1. The fourth-order valence-corrected chi connectivity index (χ4v) is 1.42. The van der Waals surface area contributed by atoms with Crippen molar-refractivity contribution in [1.29, 1.82) is 0 Å². The Labute approximate surface area is 91.2 Å². The Morgan fingerprint density at radius 1 is 1.60 bits per heavy atom. The number of rotatable bonds is 6. The molecular formula is C10H21N5. The standard InChI is InChI=1S/C10H21N5/c1-14(2)5-4-12-10(6-11)9-7-13-15(3)8-9/h7-8,10,12H,4-6,11H2,1-3H3. The van der Waals surface area contributed by atoms with Gasteiger partial charge in [0.1, 0.15) is 0 Å². The molecule has 0 aliphatic carbocycles. The molecule has 1 rings (SSSR count). The largest absolute Gasteiger partial charge is 0.329 e. The number of hydrogen-bond donors (Lipinski definition) is 2. The fraction of sp³-hybridized carbons (Fsp3) is 0.700. The van der Waals surface area contributed by atoms with E-state index in [0.717, 1.165) is 18.7 Å². The zero-order valence-corrected chi connectivity index (χ0v) is 9.77. The Bertz CT molecular complexity index is 281. The number of nitrogens with two attached hydrogens (primary N) is 1. The van der Waals surface area contributed by atoms with Gasteiger partial charge in [-0.1, -0.05) is 0 Å². The molecule has 1 aromatic heterocycles. The predicted molar refractivity (Wildman–Crippen MR) is 61.6 cm³/mol. The van der Waals surface area contributed by atoms with Crippen LogP contribution in [0.25, 0.3) is 0 Å². The maximum atomic E-state index is 5.72. The number of aromatic nitrogens is 2. The zero-order chi connectivity index (χ0) is 11.3. The number of nitrogens with zero attached hydrogens (tertiary/aromatic N) is 3. The van der Waals surface area contributed by atoms with Gasteiger partial charge in [0, 0.05) is 44.5 Å². The Balaban J connectivity index is 2.42. The molecule has 15 heavy (non-hydrogen) atoms. The predicted octanol–water partition coefficient (Wildman–Crippen LogP) is -0.429. The van der Waals surface area contributed by atoms with Crippen LogP contribution in [0.2, 0.25) is 0 Å². The molecule has 0 amide bonds. The summed E-state index contributed by atoms with van der Waals surface area (Å²) in [5.74, 6) is 0. The van der Waals surface area contributed by atoms with Crippen LogP contribution in [0.15, 0.2) is 12.4 Å². The van der Waals surface area contributed by atoms with Gasteiger partial charge in [0.25, 0.3) is 0 Å². The van der Waals surface area contributed by atoms with Crippen molar-refractivity contribution in [3.8, 4) is 0 Å². The van der Waals surface area contributed by atoms with E-state index in [0.29, 0.717) is 6.54 Å². The van der Waals surface area contributed by atoms with Gasteiger partial charge in [-0.3, -0.25) is 4.68 Å². The highest BCUT2D eigenvalue weighted by Crippen LogP contribution is 2.09. The van der Waals surface area contributed by atoms with Gasteiger partial charge in [-0.05, 0) is 14.1 Å². The average molecular weight is 211 g/mol. The van der Waals surface area contributed by atoms with Crippen molar-refractivity contribution < 1.29 is 0 Å². The maximum absolute atomic E-state index is 5.72. The van der Waals surface area contributed by atoms with Crippen molar-refractivity contribution in [2.75, 3.05) is 33.7 Å². The summed E-state index contributed by atoms with van der Waals surface area (Å²) >= 11 is 0.